The lowest BCUT2D eigenvalue weighted by Gasteiger charge is -2.28. The first-order chi connectivity index (χ1) is 13.3. The summed E-state index contributed by atoms with van der Waals surface area (Å²) in [4.78, 5) is 28.7. The van der Waals surface area contributed by atoms with E-state index in [2.05, 4.69) is 14.8 Å². The molecule has 1 N–H and O–H groups in total. The number of anilines is 1. The van der Waals surface area contributed by atoms with Gasteiger partial charge in [0.2, 0.25) is 5.88 Å². The summed E-state index contributed by atoms with van der Waals surface area (Å²) in [6.07, 6.45) is -1.24. The first kappa shape index (κ1) is 19.6. The third-order valence-corrected chi connectivity index (χ3v) is 4.39. The van der Waals surface area contributed by atoms with E-state index in [9.17, 15) is 22.8 Å². The van der Waals surface area contributed by atoms with Gasteiger partial charge in [0.05, 0.1) is 30.6 Å². The van der Waals surface area contributed by atoms with Gasteiger partial charge in [0.15, 0.2) is 0 Å². The van der Waals surface area contributed by atoms with Crippen LogP contribution < -0.4 is 15.2 Å². The van der Waals surface area contributed by atoms with Gasteiger partial charge in [-0.1, -0.05) is 0 Å². The first-order valence-corrected chi connectivity index (χ1v) is 8.40. The minimum Gasteiger partial charge on any atom is -0.475 e. The zero-order chi connectivity index (χ0) is 20.3. The Bertz CT molecular complexity index is 916. The van der Waals surface area contributed by atoms with Crippen molar-refractivity contribution >= 4 is 11.7 Å². The highest BCUT2D eigenvalue weighted by Crippen LogP contribution is 2.36. The number of aromatic nitrogens is 3. The molecule has 0 aliphatic carbocycles. The molecule has 0 aromatic carbocycles. The van der Waals surface area contributed by atoms with Crippen LogP contribution in [-0.2, 0) is 10.9 Å². The van der Waals surface area contributed by atoms with Gasteiger partial charge in [0.25, 0.3) is 5.56 Å². The highest BCUT2D eigenvalue weighted by Gasteiger charge is 2.40. The topological polar surface area (TPSA) is 97.4 Å². The van der Waals surface area contributed by atoms with Crippen molar-refractivity contribution in [1.82, 2.24) is 15.2 Å². The van der Waals surface area contributed by atoms with E-state index in [0.717, 1.165) is 6.20 Å². The monoisotopic (exact) mass is 398 g/mol. The number of alkyl halides is 3. The molecule has 2 aromatic heterocycles. The van der Waals surface area contributed by atoms with Crippen LogP contribution in [0.5, 0.6) is 5.88 Å². The van der Waals surface area contributed by atoms with Crippen molar-refractivity contribution in [3.8, 4) is 5.88 Å². The van der Waals surface area contributed by atoms with Gasteiger partial charge in [-0.15, -0.1) is 0 Å². The lowest BCUT2D eigenvalue weighted by Crippen LogP contribution is -2.38. The zero-order valence-corrected chi connectivity index (χ0v) is 14.8. The highest BCUT2D eigenvalue weighted by atomic mass is 19.4. The smallest absolute Gasteiger partial charge is 0.423 e. The van der Waals surface area contributed by atoms with Crippen molar-refractivity contribution in [2.45, 2.75) is 25.1 Å². The number of carbonyl (C=O) groups is 1. The Labute approximate surface area is 157 Å². The molecule has 150 valence electrons. The average Bonchev–Trinajstić information content (AvgIpc) is 3.13. The third-order valence-electron chi connectivity index (χ3n) is 4.39. The van der Waals surface area contributed by atoms with Crippen LogP contribution in [0.15, 0.2) is 29.3 Å². The number of hydrogen-bond donors (Lipinski definition) is 1. The van der Waals surface area contributed by atoms with Crippen molar-refractivity contribution in [1.29, 1.82) is 0 Å². The number of carbonyl (C=O) groups excluding carboxylic acids is 1. The fourth-order valence-corrected chi connectivity index (χ4v) is 3.12. The maximum Gasteiger partial charge on any atom is 0.423 e. The van der Waals surface area contributed by atoms with Crippen molar-refractivity contribution < 1.29 is 27.4 Å². The summed E-state index contributed by atoms with van der Waals surface area (Å²) in [6, 6.07) is 2.44. The largest absolute Gasteiger partial charge is 0.475 e. The Kier molecular flexibility index (Phi) is 5.52. The third kappa shape index (κ3) is 4.07. The Morgan fingerprint density at radius 2 is 2.21 bits per heavy atom. The molecule has 2 aromatic rings. The van der Waals surface area contributed by atoms with Gasteiger partial charge in [-0.2, -0.15) is 18.3 Å². The Balaban J connectivity index is 1.79. The molecule has 1 aliphatic heterocycles. The number of nitrogens with zero attached hydrogens (tertiary/aromatic N) is 3. The van der Waals surface area contributed by atoms with Crippen LogP contribution in [0, 0.1) is 0 Å². The van der Waals surface area contributed by atoms with Crippen LogP contribution in [0.25, 0.3) is 0 Å². The van der Waals surface area contributed by atoms with E-state index in [1.807, 2.05) is 5.10 Å². The number of methoxy groups -OCH3 is 1. The maximum absolute atomic E-state index is 13.3. The number of nitrogens with one attached hydrogen (secondary N) is 1. The molecule has 3 rings (SSSR count). The Morgan fingerprint density at radius 3 is 2.93 bits per heavy atom. The van der Waals surface area contributed by atoms with E-state index < -0.39 is 29.3 Å². The van der Waals surface area contributed by atoms with E-state index in [0.29, 0.717) is 19.4 Å². The molecule has 0 unspecified atom stereocenters. The van der Waals surface area contributed by atoms with Gasteiger partial charge < -0.3 is 14.4 Å². The predicted molar refractivity (Wildman–Crippen MR) is 91.3 cm³/mol. The number of pyridine rings is 1. The Morgan fingerprint density at radius 1 is 1.43 bits per heavy atom. The van der Waals surface area contributed by atoms with Gasteiger partial charge in [-0.3, -0.25) is 4.79 Å². The second-order valence-electron chi connectivity index (χ2n) is 6.13. The highest BCUT2D eigenvalue weighted by molar-refractivity contribution is 5.89. The molecule has 0 spiro atoms. The molecule has 0 radical (unpaired) electrons. The van der Waals surface area contributed by atoms with E-state index in [-0.39, 0.29) is 23.7 Å². The number of aromatic amines is 1. The molecule has 3 heterocycles. The molecule has 1 aliphatic rings. The minimum atomic E-state index is -4.81. The van der Waals surface area contributed by atoms with Crippen molar-refractivity contribution in [3.63, 3.8) is 0 Å². The zero-order valence-electron chi connectivity index (χ0n) is 14.8. The van der Waals surface area contributed by atoms with Crippen LogP contribution in [0.4, 0.5) is 18.9 Å². The fourth-order valence-electron chi connectivity index (χ4n) is 3.12. The normalized spacial score (nSPS) is 16.9. The van der Waals surface area contributed by atoms with Gasteiger partial charge in [-0.25, -0.2) is 14.9 Å². The van der Waals surface area contributed by atoms with E-state index in [1.165, 1.54) is 30.3 Å². The van der Waals surface area contributed by atoms with Crippen molar-refractivity contribution in [2.24, 2.45) is 0 Å². The van der Waals surface area contributed by atoms with E-state index in [1.54, 1.807) is 0 Å². The van der Waals surface area contributed by atoms with Crippen LogP contribution in [0.2, 0.25) is 0 Å². The number of rotatable bonds is 5. The number of ether oxygens (including phenoxy) is 2. The fraction of sp³-hybridized carbons (Fsp3) is 0.412. The lowest BCUT2D eigenvalue weighted by atomic mass is 10.2. The van der Waals surface area contributed by atoms with Crippen molar-refractivity contribution in [3.05, 3.63) is 46.0 Å². The SMILES string of the molecule is COC(=O)c1ccnc(OC[C@@H]2CCCN2c2cn[nH]c(=O)c2C(F)(F)F)c1. The van der Waals surface area contributed by atoms with Crippen LogP contribution in [0.3, 0.4) is 0 Å². The van der Waals surface area contributed by atoms with Gasteiger partial charge >= 0.3 is 12.1 Å². The lowest BCUT2D eigenvalue weighted by molar-refractivity contribution is -0.138. The van der Waals surface area contributed by atoms with Crippen LogP contribution >= 0.6 is 0 Å². The molecule has 1 fully saturated rings. The number of hydrogen-bond acceptors (Lipinski definition) is 7. The molecule has 1 saturated heterocycles. The molecule has 8 nitrogen and oxygen atoms in total. The standard InChI is InChI=1S/C17H17F3N4O4/c1-27-16(26)10-4-5-21-13(7-10)28-9-11-3-2-6-24(11)12-8-22-23-15(25)14(12)17(18,19)20/h4-5,7-8,11H,2-3,6,9H2,1H3,(H,23,25)/t11-/m0/s1. The predicted octanol–water partition coefficient (Wildman–Crippen LogP) is 2.02. The van der Waals surface area contributed by atoms with Crippen LogP contribution in [0.1, 0.15) is 28.8 Å². The summed E-state index contributed by atoms with van der Waals surface area (Å²) in [5.41, 5.74) is -2.60. The molecule has 1 atom stereocenters. The summed E-state index contributed by atoms with van der Waals surface area (Å²) in [7, 11) is 1.24. The Hall–Kier alpha value is -3.11. The first-order valence-electron chi connectivity index (χ1n) is 8.40. The van der Waals surface area contributed by atoms with Crippen LogP contribution in [-0.4, -0.2) is 47.5 Å². The molecular weight excluding hydrogens is 381 g/mol. The van der Waals surface area contributed by atoms with Gasteiger partial charge in [0, 0.05) is 18.8 Å². The second-order valence-corrected chi connectivity index (χ2v) is 6.13. The van der Waals surface area contributed by atoms with E-state index in [4.69, 9.17) is 4.74 Å². The molecule has 0 bridgehead atoms. The summed E-state index contributed by atoms with van der Waals surface area (Å²) >= 11 is 0. The summed E-state index contributed by atoms with van der Waals surface area (Å²) < 4.78 is 50.2. The summed E-state index contributed by atoms with van der Waals surface area (Å²) in [6.45, 7) is 0.361. The van der Waals surface area contributed by atoms with Crippen molar-refractivity contribution in [2.75, 3.05) is 25.2 Å². The minimum absolute atomic E-state index is 0.0295. The second kappa shape index (κ2) is 7.87. The molecular formula is C17H17F3N4O4. The number of H-pyrrole nitrogens is 1. The summed E-state index contributed by atoms with van der Waals surface area (Å²) in [5.74, 6) is -0.408. The molecule has 11 heteroatoms. The maximum atomic E-state index is 13.3. The number of halogens is 3. The average molecular weight is 398 g/mol. The molecule has 28 heavy (non-hydrogen) atoms. The molecule has 0 amide bonds. The quantitative estimate of drug-likeness (QED) is 0.770. The van der Waals surface area contributed by atoms with Gasteiger partial charge in [-0.05, 0) is 18.9 Å². The van der Waals surface area contributed by atoms with E-state index >= 15 is 0 Å². The summed E-state index contributed by atoms with van der Waals surface area (Å²) in [5, 5.41) is 5.34. The molecule has 0 saturated carbocycles. The van der Waals surface area contributed by atoms with Gasteiger partial charge in [0.1, 0.15) is 12.2 Å². The number of esters is 1.